The Labute approximate surface area is 131 Å². The molecule has 0 aliphatic carbocycles. The van der Waals surface area contributed by atoms with Crippen molar-refractivity contribution in [3.8, 4) is 0 Å². The van der Waals surface area contributed by atoms with Gasteiger partial charge in [-0.15, -0.1) is 0 Å². The Morgan fingerprint density at radius 2 is 2.04 bits per heavy atom. The molecule has 0 radical (unpaired) electrons. The van der Waals surface area contributed by atoms with Gasteiger partial charge in [-0.3, -0.25) is 25.7 Å². The largest absolute Gasteiger partial charge is 0.371 e. The summed E-state index contributed by atoms with van der Waals surface area (Å²) >= 11 is 0. The van der Waals surface area contributed by atoms with E-state index in [0.717, 1.165) is 18.1 Å². The van der Waals surface area contributed by atoms with Gasteiger partial charge in [-0.2, -0.15) is 5.10 Å². The highest BCUT2D eigenvalue weighted by Crippen LogP contribution is 2.29. The lowest BCUT2D eigenvalue weighted by Gasteiger charge is -2.24. The Morgan fingerprint density at radius 3 is 2.65 bits per heavy atom. The van der Waals surface area contributed by atoms with E-state index in [2.05, 4.69) is 10.5 Å². The van der Waals surface area contributed by atoms with E-state index in [9.17, 15) is 20.2 Å². The number of benzene rings is 1. The minimum atomic E-state index is -0.696. The van der Waals surface area contributed by atoms with Crippen LogP contribution in [-0.4, -0.2) is 28.3 Å². The number of nitro benzene ring substituents is 2. The number of rotatable bonds is 5. The van der Waals surface area contributed by atoms with Gasteiger partial charge in [-0.1, -0.05) is 6.08 Å². The number of nitrogens with one attached hydrogen (secondary N) is 1. The van der Waals surface area contributed by atoms with E-state index in [1.54, 1.807) is 0 Å². The smallest absolute Gasteiger partial charge is 0.301 e. The van der Waals surface area contributed by atoms with Gasteiger partial charge in [0.15, 0.2) is 0 Å². The predicted octanol–water partition coefficient (Wildman–Crippen LogP) is 3.02. The lowest BCUT2D eigenvalue weighted by Crippen LogP contribution is -2.24. The van der Waals surface area contributed by atoms with Gasteiger partial charge in [0, 0.05) is 6.07 Å². The number of ether oxygens (including phenoxy) is 1. The second-order valence-corrected chi connectivity index (χ2v) is 5.11. The van der Waals surface area contributed by atoms with Crippen LogP contribution in [0.25, 0.3) is 0 Å². The number of hydrazone groups is 1. The van der Waals surface area contributed by atoms with Crippen molar-refractivity contribution in [1.29, 1.82) is 0 Å². The van der Waals surface area contributed by atoms with Crippen molar-refractivity contribution in [2.24, 2.45) is 5.10 Å². The molecule has 9 heteroatoms. The third-order valence-electron chi connectivity index (χ3n) is 3.38. The van der Waals surface area contributed by atoms with E-state index >= 15 is 0 Å². The Morgan fingerprint density at radius 1 is 1.30 bits per heavy atom. The van der Waals surface area contributed by atoms with Crippen LogP contribution in [0, 0.1) is 20.2 Å². The summed E-state index contributed by atoms with van der Waals surface area (Å²) in [4.78, 5) is 20.3. The second-order valence-electron chi connectivity index (χ2n) is 5.11. The van der Waals surface area contributed by atoms with Crippen LogP contribution in [0.3, 0.4) is 0 Å². The van der Waals surface area contributed by atoms with Crippen molar-refractivity contribution in [3.05, 3.63) is 50.1 Å². The van der Waals surface area contributed by atoms with Crippen LogP contribution < -0.4 is 5.43 Å². The lowest BCUT2D eigenvalue weighted by molar-refractivity contribution is -0.393. The summed E-state index contributed by atoms with van der Waals surface area (Å²) in [6.45, 7) is 3.86. The highest BCUT2D eigenvalue weighted by molar-refractivity contribution is 5.81. The van der Waals surface area contributed by atoms with E-state index < -0.39 is 15.5 Å². The Hall–Kier alpha value is -2.81. The number of hydrogen-bond acceptors (Lipinski definition) is 7. The molecule has 0 amide bonds. The third kappa shape index (κ3) is 4.10. The zero-order chi connectivity index (χ0) is 17.0. The van der Waals surface area contributed by atoms with Crippen molar-refractivity contribution in [3.63, 3.8) is 0 Å². The normalized spacial score (nSPS) is 21.0. The summed E-state index contributed by atoms with van der Waals surface area (Å²) in [6, 6.07) is 3.33. The van der Waals surface area contributed by atoms with Crippen LogP contribution in [0.15, 0.2) is 34.9 Å². The predicted molar refractivity (Wildman–Crippen MR) is 84.6 cm³/mol. The molecule has 1 heterocycles. The zero-order valence-electron chi connectivity index (χ0n) is 12.6. The molecule has 0 saturated heterocycles. The first kappa shape index (κ1) is 16.6. The number of nitro groups is 2. The zero-order valence-corrected chi connectivity index (χ0v) is 12.6. The van der Waals surface area contributed by atoms with Crippen LogP contribution in [0.1, 0.15) is 20.3 Å². The molecule has 2 atom stereocenters. The van der Waals surface area contributed by atoms with Gasteiger partial charge in [0.2, 0.25) is 0 Å². The summed E-state index contributed by atoms with van der Waals surface area (Å²) in [7, 11) is 0. The molecule has 0 aromatic heterocycles. The maximum atomic E-state index is 11.0. The molecular formula is C14H16N4O5. The van der Waals surface area contributed by atoms with Crippen molar-refractivity contribution < 1.29 is 14.6 Å². The molecule has 23 heavy (non-hydrogen) atoms. The first-order valence-electron chi connectivity index (χ1n) is 6.96. The van der Waals surface area contributed by atoms with Gasteiger partial charge in [0.05, 0.1) is 34.3 Å². The molecule has 0 spiro atoms. The van der Waals surface area contributed by atoms with Crippen LogP contribution in [0.4, 0.5) is 17.1 Å². The van der Waals surface area contributed by atoms with Crippen LogP contribution >= 0.6 is 0 Å². The van der Waals surface area contributed by atoms with Gasteiger partial charge in [-0.05, 0) is 31.9 Å². The number of hydrogen-bond donors (Lipinski definition) is 1. The first-order valence-corrected chi connectivity index (χ1v) is 6.96. The van der Waals surface area contributed by atoms with Crippen LogP contribution in [0.5, 0.6) is 0 Å². The van der Waals surface area contributed by atoms with E-state index in [1.807, 2.05) is 19.9 Å². The number of anilines is 1. The monoisotopic (exact) mass is 320 g/mol. The van der Waals surface area contributed by atoms with E-state index in [-0.39, 0.29) is 23.6 Å². The first-order chi connectivity index (χ1) is 10.9. The molecule has 1 aliphatic heterocycles. The highest BCUT2D eigenvalue weighted by atomic mass is 16.6. The third-order valence-corrected chi connectivity index (χ3v) is 3.38. The molecular weight excluding hydrogens is 304 g/mol. The minimum absolute atomic E-state index is 0.0789. The van der Waals surface area contributed by atoms with Gasteiger partial charge >= 0.3 is 5.69 Å². The summed E-state index contributed by atoms with van der Waals surface area (Å²) in [5.74, 6) is 0. The summed E-state index contributed by atoms with van der Waals surface area (Å²) in [6.07, 6.45) is 4.32. The topological polar surface area (TPSA) is 120 Å². The van der Waals surface area contributed by atoms with Gasteiger partial charge in [-0.25, -0.2) is 0 Å². The molecule has 1 aromatic carbocycles. The molecule has 0 fully saturated rings. The molecule has 1 aliphatic rings. The summed E-state index contributed by atoms with van der Waals surface area (Å²) in [5.41, 5.74) is 2.73. The van der Waals surface area contributed by atoms with E-state index in [0.29, 0.717) is 0 Å². The lowest BCUT2D eigenvalue weighted by atomic mass is 10.1. The summed E-state index contributed by atoms with van der Waals surface area (Å²) < 4.78 is 5.64. The fourth-order valence-electron chi connectivity index (χ4n) is 2.16. The molecule has 1 N–H and O–H groups in total. The quantitative estimate of drug-likeness (QED) is 0.506. The fraction of sp³-hybridized carbons (Fsp3) is 0.357. The van der Waals surface area contributed by atoms with Gasteiger partial charge in [0.1, 0.15) is 5.69 Å². The molecule has 1 aromatic rings. The Balaban J connectivity index is 2.15. The van der Waals surface area contributed by atoms with E-state index in [4.69, 9.17) is 4.74 Å². The summed E-state index contributed by atoms with van der Waals surface area (Å²) in [5, 5.41) is 25.7. The van der Waals surface area contributed by atoms with Crippen molar-refractivity contribution >= 4 is 23.3 Å². The Bertz CT molecular complexity index is 686. The number of non-ortho nitro benzene ring substituents is 1. The van der Waals surface area contributed by atoms with Crippen LogP contribution in [0.2, 0.25) is 0 Å². The Kier molecular flexibility index (Phi) is 5.02. The molecule has 2 unspecified atom stereocenters. The number of nitrogens with zero attached hydrogens (tertiary/aromatic N) is 3. The molecule has 9 nitrogen and oxygen atoms in total. The maximum Gasteiger partial charge on any atom is 0.301 e. The average molecular weight is 320 g/mol. The highest BCUT2D eigenvalue weighted by Gasteiger charge is 2.20. The standard InChI is InChI=1S/C14H16N4O5/c1-9-3-4-11(10(2)23-9)8-15-16-13-6-5-12(17(19)20)7-14(13)18(21)22/h4-10,16H,3H2,1-2H3/b15-8+. The van der Waals surface area contributed by atoms with Crippen molar-refractivity contribution in [1.82, 2.24) is 0 Å². The molecule has 122 valence electrons. The van der Waals surface area contributed by atoms with Crippen molar-refractivity contribution in [2.45, 2.75) is 32.5 Å². The van der Waals surface area contributed by atoms with Gasteiger partial charge in [0.25, 0.3) is 5.69 Å². The molecule has 0 saturated carbocycles. The molecule has 0 bridgehead atoms. The van der Waals surface area contributed by atoms with Crippen molar-refractivity contribution in [2.75, 3.05) is 5.43 Å². The second kappa shape index (κ2) is 6.97. The fourth-order valence-corrected chi connectivity index (χ4v) is 2.16. The molecule has 2 rings (SSSR count). The van der Waals surface area contributed by atoms with Gasteiger partial charge < -0.3 is 4.74 Å². The average Bonchev–Trinajstić information content (AvgIpc) is 2.49. The SMILES string of the molecule is CC1CC=C(/C=N/Nc2ccc([N+](=O)[O-])cc2[N+](=O)[O-])C(C)O1. The maximum absolute atomic E-state index is 11.0. The minimum Gasteiger partial charge on any atom is -0.371 e. The van der Waals surface area contributed by atoms with E-state index in [1.165, 1.54) is 18.3 Å². The van der Waals surface area contributed by atoms with Crippen LogP contribution in [-0.2, 0) is 4.74 Å².